The van der Waals surface area contributed by atoms with Crippen LogP contribution in [0.25, 0.3) is 11.1 Å². The Bertz CT molecular complexity index is 1050. The number of hydrogen-bond acceptors (Lipinski definition) is 5. The van der Waals surface area contributed by atoms with Crippen molar-refractivity contribution in [1.82, 2.24) is 0 Å². The molecule has 142 valence electrons. The van der Waals surface area contributed by atoms with Gasteiger partial charge in [0.05, 0.1) is 32.7 Å². The number of aliphatic imine (C=N–C) groups is 1. The molecule has 0 amide bonds. The minimum absolute atomic E-state index is 0.565. The summed E-state index contributed by atoms with van der Waals surface area (Å²) in [6, 6.07) is 15.6. The SMILES string of the molecule is COc1cc(-c2ccc3c(c2)N=Cc2ccc(Cl)cc2N3)cc(OC)c1OC. The lowest BCUT2D eigenvalue weighted by molar-refractivity contribution is 0.324. The molecule has 3 aromatic rings. The standard InChI is InChI=1S/C22H19ClN2O3/c1-26-20-9-15(10-21(27-2)22(20)28-3)13-5-7-17-19(8-13)24-12-14-4-6-16(23)11-18(14)25-17/h4-12,25H,1-3H3. The zero-order chi connectivity index (χ0) is 19.7. The van der Waals surface area contributed by atoms with Crippen LogP contribution in [0, 0.1) is 0 Å². The molecule has 5 nitrogen and oxygen atoms in total. The van der Waals surface area contributed by atoms with Crippen LogP contribution in [0.2, 0.25) is 5.02 Å². The Morgan fingerprint density at radius 3 is 2.21 bits per heavy atom. The number of nitrogens with zero attached hydrogens (tertiary/aromatic N) is 1. The van der Waals surface area contributed by atoms with Crippen LogP contribution < -0.4 is 19.5 Å². The van der Waals surface area contributed by atoms with Crippen molar-refractivity contribution in [2.24, 2.45) is 4.99 Å². The summed E-state index contributed by atoms with van der Waals surface area (Å²) in [7, 11) is 4.80. The van der Waals surface area contributed by atoms with E-state index < -0.39 is 0 Å². The molecular weight excluding hydrogens is 376 g/mol. The first-order chi connectivity index (χ1) is 13.6. The third kappa shape index (κ3) is 3.25. The Balaban J connectivity index is 1.78. The molecule has 28 heavy (non-hydrogen) atoms. The zero-order valence-corrected chi connectivity index (χ0v) is 16.5. The van der Waals surface area contributed by atoms with Gasteiger partial charge in [-0.25, -0.2) is 0 Å². The average Bonchev–Trinajstić information content (AvgIpc) is 2.90. The molecule has 0 saturated carbocycles. The van der Waals surface area contributed by atoms with E-state index in [4.69, 9.17) is 25.8 Å². The first kappa shape index (κ1) is 18.2. The molecule has 4 rings (SSSR count). The van der Waals surface area contributed by atoms with Crippen molar-refractivity contribution in [1.29, 1.82) is 0 Å². The lowest BCUT2D eigenvalue weighted by Crippen LogP contribution is -1.96. The Labute approximate surface area is 168 Å². The van der Waals surface area contributed by atoms with E-state index in [2.05, 4.69) is 10.3 Å². The molecule has 0 aliphatic carbocycles. The van der Waals surface area contributed by atoms with Gasteiger partial charge in [0.2, 0.25) is 5.75 Å². The lowest BCUT2D eigenvalue weighted by atomic mass is 10.0. The van der Waals surface area contributed by atoms with Gasteiger partial charge in [-0.1, -0.05) is 17.7 Å². The lowest BCUT2D eigenvalue weighted by Gasteiger charge is -2.15. The summed E-state index contributed by atoms with van der Waals surface area (Å²) in [6.45, 7) is 0. The largest absolute Gasteiger partial charge is 0.493 e. The van der Waals surface area contributed by atoms with E-state index in [1.807, 2.05) is 54.7 Å². The van der Waals surface area contributed by atoms with Crippen molar-refractivity contribution in [3.63, 3.8) is 0 Å². The van der Waals surface area contributed by atoms with Crippen molar-refractivity contribution in [3.05, 3.63) is 59.1 Å². The molecule has 1 N–H and O–H groups in total. The van der Waals surface area contributed by atoms with Crippen molar-refractivity contribution in [2.45, 2.75) is 0 Å². The van der Waals surface area contributed by atoms with Gasteiger partial charge < -0.3 is 19.5 Å². The summed E-state index contributed by atoms with van der Waals surface area (Å²) in [4.78, 5) is 4.65. The normalized spacial score (nSPS) is 11.7. The fourth-order valence-electron chi connectivity index (χ4n) is 3.20. The van der Waals surface area contributed by atoms with E-state index in [0.29, 0.717) is 22.3 Å². The predicted molar refractivity (Wildman–Crippen MR) is 114 cm³/mol. The van der Waals surface area contributed by atoms with Crippen molar-refractivity contribution in [2.75, 3.05) is 26.6 Å². The summed E-state index contributed by atoms with van der Waals surface area (Å²) in [5.74, 6) is 1.78. The number of ether oxygens (including phenoxy) is 3. The molecule has 0 aromatic heterocycles. The second-order valence-corrected chi connectivity index (χ2v) is 6.70. The maximum absolute atomic E-state index is 6.13. The number of rotatable bonds is 4. The highest BCUT2D eigenvalue weighted by Gasteiger charge is 2.16. The highest BCUT2D eigenvalue weighted by Crippen LogP contribution is 2.43. The van der Waals surface area contributed by atoms with Crippen LogP contribution in [0.1, 0.15) is 5.56 Å². The molecule has 3 aromatic carbocycles. The Hall–Kier alpha value is -3.18. The van der Waals surface area contributed by atoms with Crippen LogP contribution >= 0.6 is 11.6 Å². The molecule has 0 radical (unpaired) electrons. The quantitative estimate of drug-likeness (QED) is 0.472. The number of fused-ring (bicyclic) bond motifs is 2. The van der Waals surface area contributed by atoms with Crippen LogP contribution in [0.5, 0.6) is 17.2 Å². The first-order valence-electron chi connectivity index (χ1n) is 8.68. The number of anilines is 2. The van der Waals surface area contributed by atoms with E-state index >= 15 is 0 Å². The molecule has 0 fully saturated rings. The van der Waals surface area contributed by atoms with Gasteiger partial charge in [-0.3, -0.25) is 4.99 Å². The molecule has 0 unspecified atom stereocenters. The second-order valence-electron chi connectivity index (χ2n) is 6.26. The summed E-state index contributed by atoms with van der Waals surface area (Å²) in [5, 5.41) is 4.08. The van der Waals surface area contributed by atoms with Crippen LogP contribution in [0.3, 0.4) is 0 Å². The second kappa shape index (κ2) is 7.44. The third-order valence-corrected chi connectivity index (χ3v) is 4.86. The fraction of sp³-hybridized carbons (Fsp3) is 0.136. The summed E-state index contributed by atoms with van der Waals surface area (Å²) in [5.41, 5.74) is 5.58. The molecule has 0 spiro atoms. The Morgan fingerprint density at radius 1 is 0.786 bits per heavy atom. The van der Waals surface area contributed by atoms with Crippen LogP contribution in [-0.2, 0) is 0 Å². The van der Waals surface area contributed by atoms with Gasteiger partial charge >= 0.3 is 0 Å². The summed E-state index contributed by atoms with van der Waals surface area (Å²) < 4.78 is 16.3. The molecule has 1 aliphatic rings. The molecule has 1 aliphatic heterocycles. The van der Waals surface area contributed by atoms with Gasteiger partial charge in [-0.05, 0) is 53.6 Å². The van der Waals surface area contributed by atoms with Crippen LogP contribution in [-0.4, -0.2) is 27.5 Å². The number of hydrogen-bond donors (Lipinski definition) is 1. The minimum atomic E-state index is 0.565. The summed E-state index contributed by atoms with van der Waals surface area (Å²) in [6.07, 6.45) is 1.84. The molecule has 0 bridgehead atoms. The van der Waals surface area contributed by atoms with E-state index in [-0.39, 0.29) is 0 Å². The topological polar surface area (TPSA) is 52.1 Å². The molecule has 6 heteroatoms. The maximum atomic E-state index is 6.13. The van der Waals surface area contributed by atoms with Crippen molar-refractivity contribution >= 4 is 34.9 Å². The smallest absolute Gasteiger partial charge is 0.203 e. The van der Waals surface area contributed by atoms with Gasteiger partial charge in [0.15, 0.2) is 11.5 Å². The molecular formula is C22H19ClN2O3. The number of methoxy groups -OCH3 is 3. The van der Waals surface area contributed by atoms with Crippen LogP contribution in [0.4, 0.5) is 17.1 Å². The molecule has 0 saturated heterocycles. The zero-order valence-electron chi connectivity index (χ0n) is 15.7. The Morgan fingerprint density at radius 2 is 1.54 bits per heavy atom. The van der Waals surface area contributed by atoms with E-state index in [9.17, 15) is 0 Å². The van der Waals surface area contributed by atoms with Crippen molar-refractivity contribution < 1.29 is 14.2 Å². The van der Waals surface area contributed by atoms with E-state index in [0.717, 1.165) is 33.8 Å². The Kier molecular flexibility index (Phi) is 4.84. The minimum Gasteiger partial charge on any atom is -0.493 e. The number of nitrogens with one attached hydrogen (secondary N) is 1. The summed E-state index contributed by atoms with van der Waals surface area (Å²) >= 11 is 6.13. The van der Waals surface area contributed by atoms with Gasteiger partial charge in [-0.15, -0.1) is 0 Å². The third-order valence-electron chi connectivity index (χ3n) is 4.62. The number of benzene rings is 3. The monoisotopic (exact) mass is 394 g/mol. The predicted octanol–water partition coefficient (Wildman–Crippen LogP) is 5.84. The van der Waals surface area contributed by atoms with E-state index in [1.165, 1.54) is 0 Å². The fourth-order valence-corrected chi connectivity index (χ4v) is 3.38. The van der Waals surface area contributed by atoms with Gasteiger partial charge in [0.1, 0.15) is 0 Å². The van der Waals surface area contributed by atoms with Gasteiger partial charge in [0.25, 0.3) is 0 Å². The highest BCUT2D eigenvalue weighted by atomic mass is 35.5. The van der Waals surface area contributed by atoms with Crippen LogP contribution in [0.15, 0.2) is 53.5 Å². The van der Waals surface area contributed by atoms with Gasteiger partial charge in [-0.2, -0.15) is 0 Å². The number of halogens is 1. The first-order valence-corrected chi connectivity index (χ1v) is 9.06. The maximum Gasteiger partial charge on any atom is 0.203 e. The molecule has 1 heterocycles. The average molecular weight is 395 g/mol. The van der Waals surface area contributed by atoms with E-state index in [1.54, 1.807) is 21.3 Å². The molecule has 0 atom stereocenters. The van der Waals surface area contributed by atoms with Gasteiger partial charge in [0, 0.05) is 22.5 Å². The highest BCUT2D eigenvalue weighted by molar-refractivity contribution is 6.31. The van der Waals surface area contributed by atoms with Crippen molar-refractivity contribution in [3.8, 4) is 28.4 Å².